The van der Waals surface area contributed by atoms with Crippen molar-refractivity contribution in [3.8, 4) is 0 Å². The number of nitrogens with one attached hydrogen (secondary N) is 2. The van der Waals surface area contributed by atoms with E-state index in [2.05, 4.69) is 10.6 Å². The highest BCUT2D eigenvalue weighted by Gasteiger charge is 2.05. The van der Waals surface area contributed by atoms with Gasteiger partial charge in [0, 0.05) is 11.1 Å². The molecule has 0 spiro atoms. The first-order valence-corrected chi connectivity index (χ1v) is 5.30. The molecule has 0 bridgehead atoms. The highest BCUT2D eigenvalue weighted by molar-refractivity contribution is 7.80. The smallest absolute Gasteiger partial charge is 0.171 e. The molecule has 2 nitrogen and oxygen atoms in total. The Bertz CT molecular complexity index is 368. The summed E-state index contributed by atoms with van der Waals surface area (Å²) in [6.45, 7) is 3.90. The van der Waals surface area contributed by atoms with Crippen molar-refractivity contribution in [2.45, 2.75) is 19.9 Å². The summed E-state index contributed by atoms with van der Waals surface area (Å²) >= 11 is 10.6. The van der Waals surface area contributed by atoms with Crippen LogP contribution in [0.5, 0.6) is 0 Å². The Hall–Kier alpha value is -0.870. The second kappa shape index (κ2) is 5.28. The van der Waals surface area contributed by atoms with Crippen LogP contribution in [0, 0.1) is 5.82 Å². The molecule has 15 heavy (non-hydrogen) atoms. The summed E-state index contributed by atoms with van der Waals surface area (Å²) < 4.78 is 13.3. The van der Waals surface area contributed by atoms with Crippen molar-refractivity contribution in [2.24, 2.45) is 0 Å². The van der Waals surface area contributed by atoms with E-state index in [1.807, 2.05) is 13.8 Å². The van der Waals surface area contributed by atoms with Crippen molar-refractivity contribution in [1.82, 2.24) is 5.32 Å². The number of rotatable bonds is 2. The third-order valence-corrected chi connectivity index (χ3v) is 2.05. The molecule has 1 aromatic rings. The van der Waals surface area contributed by atoms with Crippen molar-refractivity contribution < 1.29 is 4.39 Å². The summed E-state index contributed by atoms with van der Waals surface area (Å²) in [7, 11) is 0. The van der Waals surface area contributed by atoms with Gasteiger partial charge in [-0.3, -0.25) is 0 Å². The average molecular weight is 247 g/mol. The third kappa shape index (κ3) is 4.01. The van der Waals surface area contributed by atoms with Crippen molar-refractivity contribution in [1.29, 1.82) is 0 Å². The molecule has 0 saturated heterocycles. The fraction of sp³-hybridized carbons (Fsp3) is 0.300. The Morgan fingerprint density at radius 2 is 2.13 bits per heavy atom. The summed E-state index contributed by atoms with van der Waals surface area (Å²) in [6, 6.07) is 4.60. The van der Waals surface area contributed by atoms with Crippen LogP contribution in [-0.4, -0.2) is 11.2 Å². The Labute approximate surface area is 98.8 Å². The van der Waals surface area contributed by atoms with E-state index < -0.39 is 5.82 Å². The van der Waals surface area contributed by atoms with Gasteiger partial charge in [0.2, 0.25) is 0 Å². The van der Waals surface area contributed by atoms with Crippen molar-refractivity contribution in [2.75, 3.05) is 5.32 Å². The van der Waals surface area contributed by atoms with E-state index in [4.69, 9.17) is 23.8 Å². The van der Waals surface area contributed by atoms with Crippen molar-refractivity contribution >= 4 is 34.6 Å². The van der Waals surface area contributed by atoms with Gasteiger partial charge in [0.25, 0.3) is 0 Å². The van der Waals surface area contributed by atoms with E-state index >= 15 is 0 Å². The average Bonchev–Trinajstić information content (AvgIpc) is 2.08. The van der Waals surface area contributed by atoms with Crippen LogP contribution in [0.3, 0.4) is 0 Å². The van der Waals surface area contributed by atoms with Crippen LogP contribution >= 0.6 is 23.8 Å². The number of halogens is 2. The molecule has 0 aromatic heterocycles. The standard InChI is InChI=1S/C10H12ClFN2S/c1-6(2)13-10(15)14-9-4-3-7(11)5-8(9)12/h3-6H,1-2H3,(H2,13,14,15). The summed E-state index contributed by atoms with van der Waals surface area (Å²) in [6.07, 6.45) is 0. The largest absolute Gasteiger partial charge is 0.360 e. The Morgan fingerprint density at radius 3 is 2.67 bits per heavy atom. The molecule has 0 unspecified atom stereocenters. The highest BCUT2D eigenvalue weighted by Crippen LogP contribution is 2.18. The van der Waals surface area contributed by atoms with Crippen molar-refractivity contribution in [3.63, 3.8) is 0 Å². The van der Waals surface area contributed by atoms with Gasteiger partial charge in [-0.25, -0.2) is 4.39 Å². The monoisotopic (exact) mass is 246 g/mol. The molecule has 0 heterocycles. The minimum absolute atomic E-state index is 0.209. The minimum Gasteiger partial charge on any atom is -0.360 e. The molecular weight excluding hydrogens is 235 g/mol. The summed E-state index contributed by atoms with van der Waals surface area (Å²) in [5, 5.41) is 6.47. The van der Waals surface area contributed by atoms with E-state index in [0.717, 1.165) is 0 Å². The molecule has 0 aliphatic carbocycles. The van der Waals surface area contributed by atoms with Crippen LogP contribution in [0.15, 0.2) is 18.2 Å². The summed E-state index contributed by atoms with van der Waals surface area (Å²) in [4.78, 5) is 0. The highest BCUT2D eigenvalue weighted by atomic mass is 35.5. The van der Waals surface area contributed by atoms with Gasteiger partial charge in [0.05, 0.1) is 5.69 Å². The Morgan fingerprint density at radius 1 is 1.47 bits per heavy atom. The first kappa shape index (κ1) is 12.2. The lowest BCUT2D eigenvalue weighted by Gasteiger charge is -2.13. The lowest BCUT2D eigenvalue weighted by atomic mass is 10.3. The van der Waals surface area contributed by atoms with Gasteiger partial charge < -0.3 is 10.6 Å². The summed E-state index contributed by atoms with van der Waals surface area (Å²) in [5.41, 5.74) is 0.317. The predicted molar refractivity (Wildman–Crippen MR) is 65.9 cm³/mol. The van der Waals surface area contributed by atoms with E-state index in [9.17, 15) is 4.39 Å². The third-order valence-electron chi connectivity index (χ3n) is 1.60. The van der Waals surface area contributed by atoms with Crippen LogP contribution in [0.25, 0.3) is 0 Å². The van der Waals surface area contributed by atoms with Gasteiger partial charge in [0.1, 0.15) is 5.82 Å². The van der Waals surface area contributed by atoms with Gasteiger partial charge in [-0.15, -0.1) is 0 Å². The lowest BCUT2D eigenvalue weighted by molar-refractivity contribution is 0.632. The van der Waals surface area contributed by atoms with Crippen LogP contribution in [0.1, 0.15) is 13.8 Å². The van der Waals surface area contributed by atoms with Gasteiger partial charge in [-0.2, -0.15) is 0 Å². The number of thiocarbonyl (C=S) groups is 1. The molecule has 1 aromatic carbocycles. The molecule has 82 valence electrons. The molecule has 2 N–H and O–H groups in total. The molecule has 0 amide bonds. The second-order valence-corrected chi connectivity index (χ2v) is 4.22. The molecule has 0 atom stereocenters. The van der Waals surface area contributed by atoms with Gasteiger partial charge >= 0.3 is 0 Å². The fourth-order valence-corrected chi connectivity index (χ4v) is 1.52. The van der Waals surface area contributed by atoms with E-state index in [0.29, 0.717) is 15.8 Å². The topological polar surface area (TPSA) is 24.1 Å². The normalized spacial score (nSPS) is 10.2. The first-order valence-electron chi connectivity index (χ1n) is 4.51. The molecule has 0 aliphatic heterocycles. The zero-order valence-corrected chi connectivity index (χ0v) is 10.0. The molecule has 0 aliphatic rings. The van der Waals surface area contributed by atoms with E-state index in [1.54, 1.807) is 12.1 Å². The molecule has 0 radical (unpaired) electrons. The molecule has 1 rings (SSSR count). The van der Waals surface area contributed by atoms with Crippen LogP contribution in [-0.2, 0) is 0 Å². The zero-order chi connectivity index (χ0) is 11.4. The number of hydrogen-bond acceptors (Lipinski definition) is 1. The maximum atomic E-state index is 13.3. The quantitative estimate of drug-likeness (QED) is 0.784. The Kier molecular flexibility index (Phi) is 4.29. The van der Waals surface area contributed by atoms with Crippen LogP contribution in [0.4, 0.5) is 10.1 Å². The predicted octanol–water partition coefficient (Wildman–Crippen LogP) is 3.17. The molecule has 5 heteroatoms. The lowest BCUT2D eigenvalue weighted by Crippen LogP contribution is -2.34. The van der Waals surface area contributed by atoms with Gasteiger partial charge in [0.15, 0.2) is 5.11 Å². The number of anilines is 1. The van der Waals surface area contributed by atoms with E-state index in [-0.39, 0.29) is 6.04 Å². The number of benzene rings is 1. The molecule has 0 saturated carbocycles. The van der Waals surface area contributed by atoms with Crippen molar-refractivity contribution in [3.05, 3.63) is 29.0 Å². The maximum Gasteiger partial charge on any atom is 0.171 e. The van der Waals surface area contributed by atoms with Gasteiger partial charge in [-0.05, 0) is 44.3 Å². The second-order valence-electron chi connectivity index (χ2n) is 3.38. The van der Waals surface area contributed by atoms with E-state index in [1.165, 1.54) is 6.07 Å². The first-order chi connectivity index (χ1) is 6.99. The maximum absolute atomic E-state index is 13.3. The van der Waals surface area contributed by atoms with Crippen LogP contribution < -0.4 is 10.6 Å². The SMILES string of the molecule is CC(C)NC(=S)Nc1ccc(Cl)cc1F. The van der Waals surface area contributed by atoms with Gasteiger partial charge in [-0.1, -0.05) is 11.6 Å². The zero-order valence-electron chi connectivity index (χ0n) is 8.47. The summed E-state index contributed by atoms with van der Waals surface area (Å²) in [5.74, 6) is -0.421. The fourth-order valence-electron chi connectivity index (χ4n) is 1.01. The van der Waals surface area contributed by atoms with Crippen LogP contribution in [0.2, 0.25) is 5.02 Å². The molecule has 0 fully saturated rings. The Balaban J connectivity index is 2.68. The number of hydrogen-bond donors (Lipinski definition) is 2. The minimum atomic E-state index is -0.421. The molecular formula is C10H12ClFN2S.